The number of aromatic hydroxyl groups is 1. The van der Waals surface area contributed by atoms with Gasteiger partial charge >= 0.3 is 0 Å². The molecule has 142 valence electrons. The van der Waals surface area contributed by atoms with Crippen LogP contribution in [0, 0.1) is 13.8 Å². The molecule has 6 heteroatoms. The molecule has 0 bridgehead atoms. The van der Waals surface area contributed by atoms with Crippen LogP contribution in [-0.2, 0) is 4.79 Å². The lowest BCUT2D eigenvalue weighted by molar-refractivity contribution is -0.113. The second-order valence-electron chi connectivity index (χ2n) is 6.41. The number of carbonyl (C=O) groups excluding carboxylic acids is 2. The highest BCUT2D eigenvalue weighted by molar-refractivity contribution is 8.02. The van der Waals surface area contributed by atoms with Crippen LogP contribution in [0.3, 0.4) is 0 Å². The number of nitrogens with one attached hydrogen (secondary N) is 1. The van der Waals surface area contributed by atoms with E-state index in [1.807, 2.05) is 44.2 Å². The van der Waals surface area contributed by atoms with Crippen LogP contribution < -0.4 is 11.1 Å². The van der Waals surface area contributed by atoms with Gasteiger partial charge in [0.15, 0.2) is 0 Å². The molecule has 0 fully saturated rings. The molecule has 3 rings (SSSR count). The number of fused-ring (bicyclic) bond motifs is 1. The smallest absolute Gasteiger partial charge is 0.259 e. The van der Waals surface area contributed by atoms with Crippen LogP contribution in [0.4, 0.5) is 5.69 Å². The van der Waals surface area contributed by atoms with Crippen LogP contribution in [-0.4, -0.2) is 16.9 Å². The number of thioether (sulfide) groups is 1. The molecule has 0 saturated heterocycles. The highest BCUT2D eigenvalue weighted by atomic mass is 32.2. The SMILES string of the molecule is Cc1ccc(C)c(NC(=O)c2cc(S/C=C/C(N)=O)c3ccccc3c2O)c1. The summed E-state index contributed by atoms with van der Waals surface area (Å²) in [6.07, 6.45) is 1.25. The molecule has 0 aliphatic rings. The molecule has 2 amide bonds. The number of primary amides is 1. The molecule has 0 unspecified atom stereocenters. The summed E-state index contributed by atoms with van der Waals surface area (Å²) in [6, 6.07) is 14.6. The number of aryl methyl sites for hydroxylation is 2. The van der Waals surface area contributed by atoms with E-state index < -0.39 is 11.8 Å². The van der Waals surface area contributed by atoms with E-state index in [0.717, 1.165) is 21.4 Å². The van der Waals surface area contributed by atoms with Crippen LogP contribution in [0.1, 0.15) is 21.5 Å². The monoisotopic (exact) mass is 392 g/mol. The van der Waals surface area contributed by atoms with E-state index in [1.165, 1.54) is 17.8 Å². The molecular weight excluding hydrogens is 372 g/mol. The Hall–Kier alpha value is -3.25. The fraction of sp³-hybridized carbons (Fsp3) is 0.0909. The van der Waals surface area contributed by atoms with Crippen molar-refractivity contribution in [2.24, 2.45) is 5.73 Å². The summed E-state index contributed by atoms with van der Waals surface area (Å²) in [6.45, 7) is 3.85. The Balaban J connectivity index is 2.04. The number of benzene rings is 3. The molecule has 0 aliphatic carbocycles. The molecule has 28 heavy (non-hydrogen) atoms. The Bertz CT molecular complexity index is 1110. The number of hydrogen-bond donors (Lipinski definition) is 3. The van der Waals surface area contributed by atoms with Crippen LogP contribution in [0.2, 0.25) is 0 Å². The number of hydrogen-bond acceptors (Lipinski definition) is 4. The first-order valence-electron chi connectivity index (χ1n) is 8.63. The molecule has 0 aromatic heterocycles. The van der Waals surface area contributed by atoms with Crippen molar-refractivity contribution in [1.29, 1.82) is 0 Å². The molecule has 0 saturated carbocycles. The Kier molecular flexibility index (Phi) is 5.70. The predicted octanol–water partition coefficient (Wildman–Crippen LogP) is 4.51. The molecule has 3 aromatic carbocycles. The summed E-state index contributed by atoms with van der Waals surface area (Å²) in [7, 11) is 0. The lowest BCUT2D eigenvalue weighted by Crippen LogP contribution is -2.13. The number of rotatable bonds is 5. The van der Waals surface area contributed by atoms with Crippen molar-refractivity contribution in [2.45, 2.75) is 18.7 Å². The van der Waals surface area contributed by atoms with Gasteiger partial charge in [-0.3, -0.25) is 9.59 Å². The van der Waals surface area contributed by atoms with E-state index in [-0.39, 0.29) is 11.3 Å². The predicted molar refractivity (Wildman–Crippen MR) is 114 cm³/mol. The van der Waals surface area contributed by atoms with Crippen molar-refractivity contribution >= 4 is 40.0 Å². The summed E-state index contributed by atoms with van der Waals surface area (Å²) in [4.78, 5) is 24.6. The van der Waals surface area contributed by atoms with E-state index in [4.69, 9.17) is 5.73 Å². The van der Waals surface area contributed by atoms with Gasteiger partial charge in [-0.05, 0) is 47.9 Å². The minimum absolute atomic E-state index is 0.0818. The first-order chi connectivity index (χ1) is 13.4. The second kappa shape index (κ2) is 8.19. The van der Waals surface area contributed by atoms with Crippen molar-refractivity contribution < 1.29 is 14.7 Å². The number of phenols is 1. The van der Waals surface area contributed by atoms with E-state index in [2.05, 4.69) is 5.32 Å². The van der Waals surface area contributed by atoms with Crippen molar-refractivity contribution in [3.05, 3.63) is 76.7 Å². The first-order valence-corrected chi connectivity index (χ1v) is 9.50. The zero-order valence-electron chi connectivity index (χ0n) is 15.5. The van der Waals surface area contributed by atoms with Crippen molar-refractivity contribution in [3.63, 3.8) is 0 Å². The highest BCUT2D eigenvalue weighted by Crippen LogP contribution is 2.37. The van der Waals surface area contributed by atoms with Gasteiger partial charge in [0.1, 0.15) is 5.75 Å². The van der Waals surface area contributed by atoms with Gasteiger partial charge in [-0.25, -0.2) is 0 Å². The summed E-state index contributed by atoms with van der Waals surface area (Å²) in [5, 5.41) is 16.5. The largest absolute Gasteiger partial charge is 0.506 e. The van der Waals surface area contributed by atoms with Crippen LogP contribution in [0.25, 0.3) is 10.8 Å². The van der Waals surface area contributed by atoms with Gasteiger partial charge in [0.25, 0.3) is 5.91 Å². The Labute approximate surface area is 167 Å². The molecule has 5 nitrogen and oxygen atoms in total. The minimum Gasteiger partial charge on any atom is -0.506 e. The number of phenolic OH excluding ortho intramolecular Hbond substituents is 1. The van der Waals surface area contributed by atoms with Crippen molar-refractivity contribution in [1.82, 2.24) is 0 Å². The number of amides is 2. The van der Waals surface area contributed by atoms with Gasteiger partial charge < -0.3 is 16.2 Å². The fourth-order valence-electron chi connectivity index (χ4n) is 2.83. The molecule has 0 heterocycles. The van der Waals surface area contributed by atoms with Gasteiger partial charge in [-0.2, -0.15) is 0 Å². The number of carbonyl (C=O) groups is 2. The van der Waals surface area contributed by atoms with Gasteiger partial charge in [-0.1, -0.05) is 48.2 Å². The second-order valence-corrected chi connectivity index (χ2v) is 7.36. The maximum absolute atomic E-state index is 12.9. The van der Waals surface area contributed by atoms with Gasteiger partial charge in [0.05, 0.1) is 5.56 Å². The van der Waals surface area contributed by atoms with Crippen molar-refractivity contribution in [2.75, 3.05) is 5.32 Å². The maximum Gasteiger partial charge on any atom is 0.259 e. The van der Waals surface area contributed by atoms with Gasteiger partial charge in [0, 0.05) is 22.0 Å². The molecule has 4 N–H and O–H groups in total. The summed E-state index contributed by atoms with van der Waals surface area (Å²) < 4.78 is 0. The maximum atomic E-state index is 12.9. The summed E-state index contributed by atoms with van der Waals surface area (Å²) in [5.41, 5.74) is 7.95. The van der Waals surface area contributed by atoms with Crippen LogP contribution in [0.15, 0.2) is 64.9 Å². The molecular formula is C22H20N2O3S. The number of anilines is 1. The van der Waals surface area contributed by atoms with E-state index in [9.17, 15) is 14.7 Å². The molecule has 0 radical (unpaired) electrons. The fourth-order valence-corrected chi connectivity index (χ4v) is 3.67. The van der Waals surface area contributed by atoms with Crippen LogP contribution >= 0.6 is 11.8 Å². The quantitative estimate of drug-likeness (QED) is 0.440. The summed E-state index contributed by atoms with van der Waals surface area (Å²) >= 11 is 1.26. The minimum atomic E-state index is -0.552. The topological polar surface area (TPSA) is 92.4 Å². The third-order valence-corrected chi connectivity index (χ3v) is 5.16. The van der Waals surface area contributed by atoms with E-state index >= 15 is 0 Å². The van der Waals surface area contributed by atoms with Gasteiger partial charge in [0.2, 0.25) is 5.91 Å². The first kappa shape index (κ1) is 19.5. The zero-order valence-corrected chi connectivity index (χ0v) is 16.3. The van der Waals surface area contributed by atoms with E-state index in [1.54, 1.807) is 23.6 Å². The third-order valence-electron chi connectivity index (χ3n) is 4.29. The Morgan fingerprint density at radius 2 is 1.79 bits per heavy atom. The number of nitrogens with two attached hydrogens (primary N) is 1. The lowest BCUT2D eigenvalue weighted by Gasteiger charge is -2.13. The van der Waals surface area contributed by atoms with E-state index in [0.29, 0.717) is 11.1 Å². The summed E-state index contributed by atoms with van der Waals surface area (Å²) in [5.74, 6) is -1.04. The zero-order chi connectivity index (χ0) is 20.3. The molecule has 3 aromatic rings. The molecule has 0 aliphatic heterocycles. The lowest BCUT2D eigenvalue weighted by atomic mass is 10.0. The van der Waals surface area contributed by atoms with Crippen molar-refractivity contribution in [3.8, 4) is 5.75 Å². The standard InChI is InChI=1S/C22H20N2O3S/c1-13-7-8-14(2)18(11-13)24-22(27)17-12-19(28-10-9-20(23)25)15-5-3-4-6-16(15)21(17)26/h3-12,26H,1-2H3,(H2,23,25)(H,24,27)/b10-9+. The Morgan fingerprint density at radius 3 is 2.50 bits per heavy atom. The highest BCUT2D eigenvalue weighted by Gasteiger charge is 2.18. The average molecular weight is 392 g/mol. The third kappa shape index (κ3) is 4.18. The average Bonchev–Trinajstić information content (AvgIpc) is 2.66. The normalized spacial score (nSPS) is 11.1. The van der Waals surface area contributed by atoms with Gasteiger partial charge in [-0.15, -0.1) is 0 Å². The van der Waals surface area contributed by atoms with Crippen LogP contribution in [0.5, 0.6) is 5.75 Å². The molecule has 0 atom stereocenters. The Morgan fingerprint density at radius 1 is 1.07 bits per heavy atom. The molecule has 0 spiro atoms.